The van der Waals surface area contributed by atoms with E-state index in [1.807, 2.05) is 0 Å². The Bertz CT molecular complexity index is 632. The first kappa shape index (κ1) is 35.8. The van der Waals surface area contributed by atoms with Gasteiger partial charge >= 0.3 is 19.8 Å². The van der Waals surface area contributed by atoms with E-state index < -0.39 is 32.5 Å². The van der Waals surface area contributed by atoms with E-state index in [0.29, 0.717) is 12.8 Å². The Balaban J connectivity index is 4.03. The largest absolute Gasteiger partial charge is 0.469 e. The number of phosphoric acid groups is 1. The van der Waals surface area contributed by atoms with Gasteiger partial charge in [0.25, 0.3) is 0 Å². The second kappa shape index (κ2) is 25.1. The van der Waals surface area contributed by atoms with Crippen LogP contribution in [0.4, 0.5) is 0 Å². The number of carbonyl (C=O) groups is 2. The van der Waals surface area contributed by atoms with Gasteiger partial charge in [-0.25, -0.2) is 4.57 Å². The summed E-state index contributed by atoms with van der Waals surface area (Å²) in [6.45, 7) is 3.54. The zero-order valence-electron chi connectivity index (χ0n) is 23.4. The van der Waals surface area contributed by atoms with Gasteiger partial charge in [-0.3, -0.25) is 14.1 Å². The maximum atomic E-state index is 12.1. The molecule has 0 heterocycles. The molecule has 0 aromatic rings. The molecule has 0 aliphatic rings. The highest BCUT2D eigenvalue weighted by Crippen LogP contribution is 2.35. The molecule has 1 atom stereocenters. The van der Waals surface area contributed by atoms with E-state index in [1.54, 1.807) is 0 Å². The third-order valence-electron chi connectivity index (χ3n) is 6.03. The zero-order valence-corrected chi connectivity index (χ0v) is 24.3. The number of rotatable bonds is 26. The Morgan fingerprint density at radius 3 is 1.68 bits per heavy atom. The summed E-state index contributed by atoms with van der Waals surface area (Å²) >= 11 is 0. The van der Waals surface area contributed by atoms with Crippen LogP contribution in [0.25, 0.3) is 0 Å². The first-order valence-corrected chi connectivity index (χ1v) is 16.0. The van der Waals surface area contributed by atoms with Crippen LogP contribution in [0.1, 0.15) is 136 Å². The highest BCUT2D eigenvalue weighted by molar-refractivity contribution is 7.46. The van der Waals surface area contributed by atoms with Crippen molar-refractivity contribution in [2.75, 3.05) is 13.2 Å². The van der Waals surface area contributed by atoms with Crippen molar-refractivity contribution < 1.29 is 37.9 Å². The topological polar surface area (TPSA) is 119 Å². The van der Waals surface area contributed by atoms with E-state index in [4.69, 9.17) is 19.3 Å². The van der Waals surface area contributed by atoms with Crippen LogP contribution in [0.3, 0.4) is 0 Å². The predicted octanol–water partition coefficient (Wildman–Crippen LogP) is 7.56. The molecule has 0 unspecified atom stereocenters. The first-order valence-electron chi connectivity index (χ1n) is 14.5. The third-order valence-corrected chi connectivity index (χ3v) is 6.52. The van der Waals surface area contributed by atoms with Gasteiger partial charge in [-0.05, 0) is 38.5 Å². The van der Waals surface area contributed by atoms with Gasteiger partial charge in [0.2, 0.25) is 0 Å². The molecule has 2 N–H and O–H groups in total. The number of unbranched alkanes of at least 4 members (excludes halogenated alkanes) is 14. The van der Waals surface area contributed by atoms with Crippen LogP contribution in [0.5, 0.6) is 0 Å². The van der Waals surface area contributed by atoms with Gasteiger partial charge in [-0.2, -0.15) is 0 Å². The molecule has 0 rings (SSSR count). The van der Waals surface area contributed by atoms with Crippen molar-refractivity contribution in [2.24, 2.45) is 0 Å². The van der Waals surface area contributed by atoms with E-state index in [0.717, 1.165) is 57.8 Å². The van der Waals surface area contributed by atoms with Crippen LogP contribution in [-0.4, -0.2) is 41.0 Å². The molecule has 218 valence electrons. The Labute approximate surface area is 225 Å². The molecule has 0 bridgehead atoms. The molecule has 8 nitrogen and oxygen atoms in total. The summed E-state index contributed by atoms with van der Waals surface area (Å²) in [5.74, 6) is -0.906. The normalized spacial score (nSPS) is 12.6. The summed E-state index contributed by atoms with van der Waals surface area (Å²) in [6.07, 6.45) is 22.6. The number of phosphoric ester groups is 1. The van der Waals surface area contributed by atoms with Crippen molar-refractivity contribution in [3.63, 3.8) is 0 Å². The average Bonchev–Trinajstić information content (AvgIpc) is 2.85. The Morgan fingerprint density at radius 1 is 0.676 bits per heavy atom. The van der Waals surface area contributed by atoms with Gasteiger partial charge < -0.3 is 19.3 Å². The number of carbonyl (C=O) groups excluding carboxylic acids is 2. The van der Waals surface area contributed by atoms with Crippen LogP contribution in [0.15, 0.2) is 12.2 Å². The van der Waals surface area contributed by atoms with E-state index in [9.17, 15) is 14.2 Å². The molecule has 0 saturated carbocycles. The molecule has 0 aliphatic heterocycles. The van der Waals surface area contributed by atoms with Crippen molar-refractivity contribution in [1.29, 1.82) is 0 Å². The van der Waals surface area contributed by atoms with Crippen LogP contribution in [0.2, 0.25) is 0 Å². The van der Waals surface area contributed by atoms with Gasteiger partial charge in [0.05, 0.1) is 6.61 Å². The SMILES string of the molecule is CCCCCC/C=C/CCCCCCCC(=O)OC[C@H](COP(=O)(O)O)OC(=O)CCCCCCCC. The minimum atomic E-state index is -4.73. The van der Waals surface area contributed by atoms with Crippen LogP contribution in [0, 0.1) is 0 Å². The summed E-state index contributed by atoms with van der Waals surface area (Å²) in [4.78, 5) is 42.1. The standard InChI is InChI=1S/C28H53O8P/c1-3-5-7-9-11-12-13-14-15-16-17-19-20-22-27(29)34-24-26(25-35-37(31,32)33)36-28(30)23-21-18-10-8-6-4-2/h12-13,26H,3-11,14-25H2,1-2H3,(H2,31,32,33)/b13-12+/t26-/m1/s1. The highest BCUT2D eigenvalue weighted by atomic mass is 31.2. The molecule has 0 aromatic carbocycles. The smallest absolute Gasteiger partial charge is 0.462 e. The van der Waals surface area contributed by atoms with E-state index in [-0.39, 0.29) is 19.4 Å². The predicted molar refractivity (Wildman–Crippen MR) is 147 cm³/mol. The summed E-state index contributed by atoms with van der Waals surface area (Å²) in [5, 5.41) is 0. The minimum Gasteiger partial charge on any atom is -0.462 e. The van der Waals surface area contributed by atoms with Crippen LogP contribution >= 0.6 is 7.82 Å². The molecule has 0 aliphatic carbocycles. The second-order valence-electron chi connectivity index (χ2n) is 9.73. The second-order valence-corrected chi connectivity index (χ2v) is 11.0. The van der Waals surface area contributed by atoms with E-state index in [1.165, 1.54) is 38.5 Å². The lowest BCUT2D eigenvalue weighted by atomic mass is 10.1. The quantitative estimate of drug-likeness (QED) is 0.0492. The number of allylic oxidation sites excluding steroid dienone is 2. The number of esters is 2. The Kier molecular flexibility index (Phi) is 24.3. The molecule has 0 amide bonds. The van der Waals surface area contributed by atoms with Gasteiger partial charge in [-0.1, -0.05) is 96.6 Å². The number of ether oxygens (including phenoxy) is 2. The third kappa shape index (κ3) is 27.6. The summed E-state index contributed by atoms with van der Waals surface area (Å²) in [6, 6.07) is 0. The molecule has 0 aromatic heterocycles. The van der Waals surface area contributed by atoms with Crippen molar-refractivity contribution in [3.05, 3.63) is 12.2 Å². The fourth-order valence-electron chi connectivity index (χ4n) is 3.84. The zero-order chi connectivity index (χ0) is 27.6. The van der Waals surface area contributed by atoms with Gasteiger partial charge in [0, 0.05) is 12.8 Å². The molecular formula is C28H53O8P. The van der Waals surface area contributed by atoms with Gasteiger partial charge in [0.15, 0.2) is 6.10 Å². The average molecular weight is 549 g/mol. The highest BCUT2D eigenvalue weighted by Gasteiger charge is 2.22. The monoisotopic (exact) mass is 548 g/mol. The number of hydrogen-bond donors (Lipinski definition) is 2. The minimum absolute atomic E-state index is 0.210. The van der Waals surface area contributed by atoms with Crippen LogP contribution < -0.4 is 0 Å². The van der Waals surface area contributed by atoms with Gasteiger partial charge in [-0.15, -0.1) is 0 Å². The summed E-state index contributed by atoms with van der Waals surface area (Å²) < 4.78 is 25.9. The fraction of sp³-hybridized carbons (Fsp3) is 0.857. The molecule has 0 radical (unpaired) electrons. The maximum absolute atomic E-state index is 12.1. The van der Waals surface area contributed by atoms with Crippen molar-refractivity contribution >= 4 is 19.8 Å². The Hall–Kier alpha value is -1.21. The maximum Gasteiger partial charge on any atom is 0.469 e. The number of hydrogen-bond acceptors (Lipinski definition) is 6. The van der Waals surface area contributed by atoms with Crippen LogP contribution in [-0.2, 0) is 28.2 Å². The lowest BCUT2D eigenvalue weighted by Gasteiger charge is -2.18. The molecule has 0 fully saturated rings. The lowest BCUT2D eigenvalue weighted by Crippen LogP contribution is -2.29. The molecule has 37 heavy (non-hydrogen) atoms. The Morgan fingerprint density at radius 2 is 1.14 bits per heavy atom. The van der Waals surface area contributed by atoms with Crippen molar-refractivity contribution in [3.8, 4) is 0 Å². The lowest BCUT2D eigenvalue weighted by molar-refractivity contribution is -0.161. The summed E-state index contributed by atoms with van der Waals surface area (Å²) in [7, 11) is -4.73. The first-order chi connectivity index (χ1) is 17.8. The van der Waals surface area contributed by atoms with E-state index >= 15 is 0 Å². The molecule has 0 spiro atoms. The fourth-order valence-corrected chi connectivity index (χ4v) is 4.20. The molecule has 0 saturated heterocycles. The summed E-state index contributed by atoms with van der Waals surface area (Å²) in [5.41, 5.74) is 0. The molecular weight excluding hydrogens is 495 g/mol. The van der Waals surface area contributed by atoms with Gasteiger partial charge in [0.1, 0.15) is 6.61 Å². The van der Waals surface area contributed by atoms with Crippen molar-refractivity contribution in [1.82, 2.24) is 0 Å². The van der Waals surface area contributed by atoms with Crippen molar-refractivity contribution in [2.45, 2.75) is 142 Å². The molecule has 9 heteroatoms. The van der Waals surface area contributed by atoms with E-state index in [2.05, 4.69) is 30.5 Å².